The number of hydrogen-bond acceptors (Lipinski definition) is 4. The summed E-state index contributed by atoms with van der Waals surface area (Å²) in [5.41, 5.74) is 5.51. The van der Waals surface area contributed by atoms with E-state index in [4.69, 9.17) is 15.2 Å². The van der Waals surface area contributed by atoms with E-state index in [9.17, 15) is 4.79 Å². The lowest BCUT2D eigenvalue weighted by atomic mass is 10.2. The van der Waals surface area contributed by atoms with Gasteiger partial charge in [-0.2, -0.15) is 0 Å². The Morgan fingerprint density at radius 1 is 1.33 bits per heavy atom. The van der Waals surface area contributed by atoms with Crippen LogP contribution in [0.25, 0.3) is 0 Å². The topological polar surface area (TPSA) is 73.6 Å². The Labute approximate surface area is 108 Å². The fourth-order valence-corrected chi connectivity index (χ4v) is 2.11. The van der Waals surface area contributed by atoms with Crippen molar-refractivity contribution < 1.29 is 14.3 Å². The molecule has 18 heavy (non-hydrogen) atoms. The summed E-state index contributed by atoms with van der Waals surface area (Å²) in [6, 6.07) is 0. The van der Waals surface area contributed by atoms with Crippen molar-refractivity contribution in [2.75, 3.05) is 26.3 Å². The van der Waals surface area contributed by atoms with E-state index >= 15 is 0 Å². The molecule has 1 aliphatic carbocycles. The average molecular weight is 256 g/mol. The minimum Gasteiger partial charge on any atom is -0.381 e. The number of amides is 1. The highest BCUT2D eigenvalue weighted by Crippen LogP contribution is 2.28. The Morgan fingerprint density at radius 3 is 2.83 bits per heavy atom. The molecule has 1 aliphatic heterocycles. The second kappa shape index (κ2) is 7.07. The summed E-state index contributed by atoms with van der Waals surface area (Å²) in [6.45, 7) is 2.78. The number of nitrogens with one attached hydrogen (secondary N) is 1. The summed E-state index contributed by atoms with van der Waals surface area (Å²) < 4.78 is 11.0. The fraction of sp³-hybridized carbons (Fsp3) is 0.923. The normalized spacial score (nSPS) is 27.4. The monoisotopic (exact) mass is 256 g/mol. The van der Waals surface area contributed by atoms with Crippen LogP contribution in [0.2, 0.25) is 0 Å². The Bertz CT molecular complexity index is 269. The minimum atomic E-state index is -0.300. The van der Waals surface area contributed by atoms with E-state index in [2.05, 4.69) is 5.32 Å². The molecule has 1 saturated heterocycles. The van der Waals surface area contributed by atoms with Crippen LogP contribution in [0.15, 0.2) is 0 Å². The van der Waals surface area contributed by atoms with Gasteiger partial charge < -0.3 is 20.5 Å². The molecule has 1 heterocycles. The maximum atomic E-state index is 11.7. The van der Waals surface area contributed by atoms with Crippen molar-refractivity contribution in [3.8, 4) is 0 Å². The average Bonchev–Trinajstić information content (AvgIpc) is 3.07. The van der Waals surface area contributed by atoms with Crippen molar-refractivity contribution in [3.05, 3.63) is 0 Å². The Balaban J connectivity index is 1.46. The molecule has 0 bridgehead atoms. The first-order valence-electron chi connectivity index (χ1n) is 7.00. The molecule has 5 nitrogen and oxygen atoms in total. The lowest BCUT2D eigenvalue weighted by Crippen LogP contribution is -2.36. The van der Waals surface area contributed by atoms with Crippen LogP contribution in [0.1, 0.15) is 32.1 Å². The molecule has 2 unspecified atom stereocenters. The highest BCUT2D eigenvalue weighted by molar-refractivity contribution is 5.80. The first-order chi connectivity index (χ1) is 8.79. The van der Waals surface area contributed by atoms with Gasteiger partial charge in [-0.05, 0) is 38.0 Å². The molecule has 0 aromatic rings. The highest BCUT2D eigenvalue weighted by atomic mass is 16.5. The van der Waals surface area contributed by atoms with Crippen LogP contribution in [-0.4, -0.2) is 44.4 Å². The van der Waals surface area contributed by atoms with Gasteiger partial charge in [-0.1, -0.05) is 0 Å². The van der Waals surface area contributed by atoms with Crippen molar-refractivity contribution in [2.24, 2.45) is 11.7 Å². The molecular weight excluding hydrogens is 232 g/mol. The quantitative estimate of drug-likeness (QED) is 0.618. The van der Waals surface area contributed by atoms with E-state index in [-0.39, 0.29) is 18.1 Å². The number of ether oxygens (including phenoxy) is 2. The van der Waals surface area contributed by atoms with Gasteiger partial charge in [0.25, 0.3) is 0 Å². The smallest absolute Gasteiger partial charge is 0.249 e. The molecule has 2 rings (SSSR count). The number of hydrogen-bond donors (Lipinski definition) is 2. The Hall–Kier alpha value is -0.650. The zero-order valence-corrected chi connectivity index (χ0v) is 10.9. The van der Waals surface area contributed by atoms with Gasteiger partial charge >= 0.3 is 0 Å². The van der Waals surface area contributed by atoms with Gasteiger partial charge in [-0.25, -0.2) is 0 Å². The summed E-state index contributed by atoms with van der Waals surface area (Å²) in [5, 5.41) is 2.89. The van der Waals surface area contributed by atoms with Crippen LogP contribution in [0.5, 0.6) is 0 Å². The summed E-state index contributed by atoms with van der Waals surface area (Å²) in [5.74, 6) is 0.799. The fourth-order valence-electron chi connectivity index (χ4n) is 2.11. The first kappa shape index (κ1) is 13.8. The van der Waals surface area contributed by atoms with Crippen LogP contribution >= 0.6 is 0 Å². The van der Waals surface area contributed by atoms with E-state index in [1.54, 1.807) is 0 Å². The third-order valence-electron chi connectivity index (χ3n) is 3.48. The molecule has 2 fully saturated rings. The van der Waals surface area contributed by atoms with Crippen LogP contribution < -0.4 is 11.1 Å². The summed E-state index contributed by atoms with van der Waals surface area (Å²) >= 11 is 0. The minimum absolute atomic E-state index is 0.00635. The maximum absolute atomic E-state index is 11.7. The lowest BCUT2D eigenvalue weighted by molar-refractivity contribution is -0.131. The number of nitrogens with two attached hydrogens (primary N) is 1. The van der Waals surface area contributed by atoms with Crippen molar-refractivity contribution >= 4 is 5.91 Å². The second-order valence-electron chi connectivity index (χ2n) is 5.22. The highest BCUT2D eigenvalue weighted by Gasteiger charge is 2.29. The van der Waals surface area contributed by atoms with Gasteiger partial charge in [0.15, 0.2) is 0 Å². The van der Waals surface area contributed by atoms with Gasteiger partial charge in [0.2, 0.25) is 5.91 Å². The molecule has 2 atom stereocenters. The zero-order valence-electron chi connectivity index (χ0n) is 10.9. The zero-order chi connectivity index (χ0) is 12.8. The molecule has 1 amide bonds. The largest absolute Gasteiger partial charge is 0.381 e. The number of carbonyl (C=O) groups excluding carboxylic acids is 1. The van der Waals surface area contributed by atoms with Crippen LogP contribution in [-0.2, 0) is 14.3 Å². The van der Waals surface area contributed by atoms with Crippen LogP contribution in [0.3, 0.4) is 0 Å². The number of carbonyl (C=O) groups is 1. The molecule has 0 spiro atoms. The SMILES string of the molecule is NCC1CCC(C(=O)NCCCOCC2CC2)O1. The van der Waals surface area contributed by atoms with Crippen molar-refractivity contribution in [2.45, 2.75) is 44.3 Å². The molecule has 5 heteroatoms. The summed E-state index contributed by atoms with van der Waals surface area (Å²) in [4.78, 5) is 11.7. The second-order valence-corrected chi connectivity index (χ2v) is 5.22. The van der Waals surface area contributed by atoms with Crippen molar-refractivity contribution in [3.63, 3.8) is 0 Å². The van der Waals surface area contributed by atoms with Crippen molar-refractivity contribution in [1.29, 1.82) is 0 Å². The van der Waals surface area contributed by atoms with Gasteiger partial charge in [-0.3, -0.25) is 4.79 Å². The van der Waals surface area contributed by atoms with Gasteiger partial charge in [0, 0.05) is 26.3 Å². The van der Waals surface area contributed by atoms with Gasteiger partial charge in [-0.15, -0.1) is 0 Å². The van der Waals surface area contributed by atoms with Crippen LogP contribution in [0, 0.1) is 5.92 Å². The predicted octanol–water partition coefficient (Wildman–Crippen LogP) is 0.426. The Kier molecular flexibility index (Phi) is 5.41. The number of rotatable bonds is 8. The van der Waals surface area contributed by atoms with Crippen molar-refractivity contribution in [1.82, 2.24) is 5.32 Å². The van der Waals surface area contributed by atoms with E-state index in [1.165, 1.54) is 12.8 Å². The molecule has 0 aromatic carbocycles. The predicted molar refractivity (Wildman–Crippen MR) is 68.1 cm³/mol. The summed E-state index contributed by atoms with van der Waals surface area (Å²) in [7, 11) is 0. The summed E-state index contributed by atoms with van der Waals surface area (Å²) in [6.07, 6.45) is 4.93. The Morgan fingerprint density at radius 2 is 2.17 bits per heavy atom. The molecule has 2 aliphatic rings. The molecule has 0 radical (unpaired) electrons. The molecule has 0 aromatic heterocycles. The maximum Gasteiger partial charge on any atom is 0.249 e. The first-order valence-corrected chi connectivity index (χ1v) is 7.00. The lowest BCUT2D eigenvalue weighted by Gasteiger charge is -2.12. The van der Waals surface area contributed by atoms with E-state index in [1.807, 2.05) is 0 Å². The van der Waals surface area contributed by atoms with Crippen LogP contribution in [0.4, 0.5) is 0 Å². The van der Waals surface area contributed by atoms with E-state index in [0.717, 1.165) is 38.4 Å². The third kappa shape index (κ3) is 4.55. The molecule has 3 N–H and O–H groups in total. The van der Waals surface area contributed by atoms with Gasteiger partial charge in [0.1, 0.15) is 6.10 Å². The van der Waals surface area contributed by atoms with E-state index < -0.39 is 0 Å². The molecule has 1 saturated carbocycles. The third-order valence-corrected chi connectivity index (χ3v) is 3.48. The van der Waals surface area contributed by atoms with Gasteiger partial charge in [0.05, 0.1) is 6.10 Å². The standard InChI is InChI=1S/C13H24N2O3/c14-8-11-4-5-12(18-11)13(16)15-6-1-7-17-9-10-2-3-10/h10-12H,1-9,14H2,(H,15,16). The molecule has 104 valence electrons. The van der Waals surface area contributed by atoms with E-state index in [0.29, 0.717) is 13.1 Å². The molecular formula is C13H24N2O3.